The van der Waals surface area contributed by atoms with Crippen molar-refractivity contribution in [3.63, 3.8) is 0 Å². The van der Waals surface area contributed by atoms with E-state index in [-0.39, 0.29) is 13.0 Å². The molecule has 0 spiro atoms. The van der Waals surface area contributed by atoms with E-state index in [0.29, 0.717) is 5.56 Å². The molecule has 0 radical (unpaired) electrons. The topological polar surface area (TPSA) is 35.8 Å². The smallest absolute Gasteiger partial charge is 0.247 e. The first-order chi connectivity index (χ1) is 7.01. The van der Waals surface area contributed by atoms with Crippen molar-refractivity contribution in [2.24, 2.45) is 0 Å². The molecule has 0 aromatic heterocycles. The Kier molecular flexibility index (Phi) is 3.62. The standard InChI is InChI=1S/C11H12F2N2/c1-11(12,13)6-7-15-10-4-2-9(8-14)3-5-10/h2-5,15H,6-7H2,1H3. The lowest BCUT2D eigenvalue weighted by Gasteiger charge is -2.11. The monoisotopic (exact) mass is 210 g/mol. The number of anilines is 1. The van der Waals surface area contributed by atoms with Crippen molar-refractivity contribution in [2.45, 2.75) is 19.3 Å². The molecule has 1 aromatic rings. The summed E-state index contributed by atoms with van der Waals surface area (Å²) in [6, 6.07) is 8.68. The van der Waals surface area contributed by atoms with Gasteiger partial charge in [0.25, 0.3) is 0 Å². The van der Waals surface area contributed by atoms with Crippen LogP contribution in [0, 0.1) is 11.3 Å². The highest BCUT2D eigenvalue weighted by atomic mass is 19.3. The minimum atomic E-state index is -2.64. The minimum Gasteiger partial charge on any atom is -0.385 e. The largest absolute Gasteiger partial charge is 0.385 e. The van der Waals surface area contributed by atoms with Gasteiger partial charge >= 0.3 is 0 Å². The molecule has 0 aliphatic heterocycles. The molecule has 0 aliphatic carbocycles. The van der Waals surface area contributed by atoms with Gasteiger partial charge in [0, 0.05) is 18.7 Å². The fourth-order valence-corrected chi connectivity index (χ4v) is 1.09. The summed E-state index contributed by atoms with van der Waals surface area (Å²) in [5.41, 5.74) is 1.31. The summed E-state index contributed by atoms with van der Waals surface area (Å²) in [5, 5.41) is 11.4. The molecule has 0 amide bonds. The van der Waals surface area contributed by atoms with Crippen molar-refractivity contribution in [1.82, 2.24) is 0 Å². The molecule has 0 saturated heterocycles. The molecule has 15 heavy (non-hydrogen) atoms. The highest BCUT2D eigenvalue weighted by Gasteiger charge is 2.19. The van der Waals surface area contributed by atoms with Gasteiger partial charge in [-0.1, -0.05) is 0 Å². The minimum absolute atomic E-state index is 0.201. The van der Waals surface area contributed by atoms with Crippen molar-refractivity contribution in [1.29, 1.82) is 5.26 Å². The summed E-state index contributed by atoms with van der Waals surface area (Å²) in [4.78, 5) is 0. The number of halogens is 2. The van der Waals surface area contributed by atoms with Crippen LogP contribution in [0.15, 0.2) is 24.3 Å². The van der Waals surface area contributed by atoms with Crippen LogP contribution in [0.2, 0.25) is 0 Å². The van der Waals surface area contributed by atoms with Crippen molar-refractivity contribution in [3.8, 4) is 6.07 Å². The van der Waals surface area contributed by atoms with E-state index in [1.165, 1.54) is 0 Å². The van der Waals surface area contributed by atoms with Gasteiger partial charge in [-0.05, 0) is 31.2 Å². The van der Waals surface area contributed by atoms with Crippen LogP contribution in [-0.4, -0.2) is 12.5 Å². The first-order valence-electron chi connectivity index (χ1n) is 4.63. The van der Waals surface area contributed by atoms with Crippen molar-refractivity contribution >= 4 is 5.69 Å². The molecular formula is C11H12F2N2. The van der Waals surface area contributed by atoms with Gasteiger partial charge in [-0.15, -0.1) is 0 Å². The van der Waals surface area contributed by atoms with E-state index in [4.69, 9.17) is 5.26 Å². The van der Waals surface area contributed by atoms with Crippen LogP contribution in [0.5, 0.6) is 0 Å². The molecule has 0 unspecified atom stereocenters. The van der Waals surface area contributed by atoms with Gasteiger partial charge in [-0.3, -0.25) is 0 Å². The average molecular weight is 210 g/mol. The molecule has 0 saturated carbocycles. The maximum atomic E-state index is 12.5. The lowest BCUT2D eigenvalue weighted by molar-refractivity contribution is 0.0167. The highest BCUT2D eigenvalue weighted by Crippen LogP contribution is 2.17. The van der Waals surface area contributed by atoms with Crippen LogP contribution < -0.4 is 5.32 Å². The lowest BCUT2D eigenvalue weighted by Crippen LogP contribution is -2.15. The summed E-state index contributed by atoms with van der Waals surface area (Å²) in [5.74, 6) is -2.64. The van der Waals surface area contributed by atoms with Gasteiger partial charge in [-0.25, -0.2) is 8.78 Å². The van der Waals surface area contributed by atoms with Crippen LogP contribution >= 0.6 is 0 Å². The number of nitriles is 1. The lowest BCUT2D eigenvalue weighted by atomic mass is 10.2. The Hall–Kier alpha value is -1.63. The first-order valence-corrected chi connectivity index (χ1v) is 4.63. The molecule has 0 aliphatic rings. The number of nitrogens with one attached hydrogen (secondary N) is 1. The molecule has 1 rings (SSSR count). The Morgan fingerprint density at radius 2 is 1.93 bits per heavy atom. The molecule has 4 heteroatoms. The zero-order chi connectivity index (χ0) is 11.3. The third-order valence-electron chi connectivity index (χ3n) is 1.91. The highest BCUT2D eigenvalue weighted by molar-refractivity contribution is 5.47. The van der Waals surface area contributed by atoms with Crippen molar-refractivity contribution in [2.75, 3.05) is 11.9 Å². The maximum absolute atomic E-state index is 12.5. The van der Waals surface area contributed by atoms with Gasteiger partial charge in [0.15, 0.2) is 0 Å². The number of nitrogens with zero attached hydrogens (tertiary/aromatic N) is 1. The molecular weight excluding hydrogens is 198 g/mol. The fraction of sp³-hybridized carbons (Fsp3) is 0.364. The molecule has 1 aromatic carbocycles. The van der Waals surface area contributed by atoms with Crippen molar-refractivity contribution in [3.05, 3.63) is 29.8 Å². The third kappa shape index (κ3) is 4.41. The van der Waals surface area contributed by atoms with E-state index in [0.717, 1.165) is 12.6 Å². The second-order valence-corrected chi connectivity index (χ2v) is 3.44. The van der Waals surface area contributed by atoms with Crippen LogP contribution in [0.4, 0.5) is 14.5 Å². The van der Waals surface area contributed by atoms with E-state index < -0.39 is 5.92 Å². The predicted octanol–water partition coefficient (Wildman–Crippen LogP) is 3.02. The Bertz CT molecular complexity index is 346. The summed E-state index contributed by atoms with van der Waals surface area (Å²) < 4.78 is 24.9. The second-order valence-electron chi connectivity index (χ2n) is 3.44. The normalized spacial score (nSPS) is 10.8. The number of rotatable bonds is 4. The summed E-state index contributed by atoms with van der Waals surface area (Å²) in [6.45, 7) is 1.11. The van der Waals surface area contributed by atoms with Crippen LogP contribution in [0.25, 0.3) is 0 Å². The number of benzene rings is 1. The molecule has 0 atom stereocenters. The molecule has 1 N–H and O–H groups in total. The van der Waals surface area contributed by atoms with Crippen LogP contribution in [-0.2, 0) is 0 Å². The molecule has 0 fully saturated rings. The number of alkyl halides is 2. The van der Waals surface area contributed by atoms with Gasteiger partial charge in [0.1, 0.15) is 0 Å². The van der Waals surface area contributed by atoms with E-state index in [2.05, 4.69) is 5.32 Å². The zero-order valence-corrected chi connectivity index (χ0v) is 8.43. The quantitative estimate of drug-likeness (QED) is 0.829. The maximum Gasteiger partial charge on any atom is 0.247 e. The second kappa shape index (κ2) is 4.74. The molecule has 80 valence electrons. The number of hydrogen-bond donors (Lipinski definition) is 1. The fourth-order valence-electron chi connectivity index (χ4n) is 1.09. The third-order valence-corrected chi connectivity index (χ3v) is 1.91. The van der Waals surface area contributed by atoms with E-state index in [1.807, 2.05) is 6.07 Å². The van der Waals surface area contributed by atoms with E-state index in [9.17, 15) is 8.78 Å². The van der Waals surface area contributed by atoms with Crippen LogP contribution in [0.3, 0.4) is 0 Å². The Labute approximate surface area is 87.5 Å². The van der Waals surface area contributed by atoms with Crippen molar-refractivity contribution < 1.29 is 8.78 Å². The van der Waals surface area contributed by atoms with Crippen LogP contribution in [0.1, 0.15) is 18.9 Å². The van der Waals surface area contributed by atoms with Gasteiger partial charge in [-0.2, -0.15) is 5.26 Å². The SMILES string of the molecule is CC(F)(F)CCNc1ccc(C#N)cc1. The molecule has 0 bridgehead atoms. The zero-order valence-electron chi connectivity index (χ0n) is 8.43. The van der Waals surface area contributed by atoms with E-state index >= 15 is 0 Å². The Morgan fingerprint density at radius 3 is 2.40 bits per heavy atom. The van der Waals surface area contributed by atoms with Gasteiger partial charge in [0.2, 0.25) is 5.92 Å². The summed E-state index contributed by atoms with van der Waals surface area (Å²) >= 11 is 0. The van der Waals surface area contributed by atoms with Gasteiger partial charge < -0.3 is 5.32 Å². The molecule has 0 heterocycles. The Morgan fingerprint density at radius 1 is 1.33 bits per heavy atom. The number of hydrogen-bond acceptors (Lipinski definition) is 2. The Balaban J connectivity index is 2.42. The summed E-state index contributed by atoms with van der Waals surface area (Å²) in [6.07, 6.45) is -0.201. The predicted molar refractivity (Wildman–Crippen MR) is 54.9 cm³/mol. The average Bonchev–Trinajstić information content (AvgIpc) is 2.17. The first kappa shape index (κ1) is 11.4. The van der Waals surface area contributed by atoms with Gasteiger partial charge in [0.05, 0.1) is 11.6 Å². The van der Waals surface area contributed by atoms with E-state index in [1.54, 1.807) is 24.3 Å². The molecule has 2 nitrogen and oxygen atoms in total. The summed E-state index contributed by atoms with van der Waals surface area (Å²) in [7, 11) is 0.